The molecular weight excluding hydrogens is 210 g/mol. The van der Waals surface area contributed by atoms with Crippen LogP contribution in [0.1, 0.15) is 5.56 Å². The van der Waals surface area contributed by atoms with Gasteiger partial charge in [0.15, 0.2) is 11.5 Å². The zero-order valence-corrected chi connectivity index (χ0v) is 9.22. The highest BCUT2D eigenvalue weighted by molar-refractivity contribution is 5.42. The van der Waals surface area contributed by atoms with Crippen molar-refractivity contribution in [1.82, 2.24) is 0 Å². The third-order valence-corrected chi connectivity index (χ3v) is 2.11. The smallest absolute Gasteiger partial charge is 0.161 e. The highest BCUT2D eigenvalue weighted by atomic mass is 16.5. The molecule has 4 N–H and O–H groups in total. The lowest BCUT2D eigenvalue weighted by Gasteiger charge is -2.13. The summed E-state index contributed by atoms with van der Waals surface area (Å²) in [5.74, 6) is 1.08. The van der Waals surface area contributed by atoms with Crippen molar-refractivity contribution in [2.75, 3.05) is 20.3 Å². The summed E-state index contributed by atoms with van der Waals surface area (Å²) in [6, 6.07) is 5.35. The van der Waals surface area contributed by atoms with Gasteiger partial charge in [-0.25, -0.2) is 0 Å². The van der Waals surface area contributed by atoms with Gasteiger partial charge in [-0.15, -0.1) is 0 Å². The topological polar surface area (TPSA) is 84.9 Å². The molecule has 0 heterocycles. The predicted molar refractivity (Wildman–Crippen MR) is 59.5 cm³/mol. The van der Waals surface area contributed by atoms with Gasteiger partial charge in [-0.2, -0.15) is 0 Å². The standard InChI is InChI=1S/C11H17NO4/c1-15-10-3-2-8(5-12)4-11(10)16-7-9(14)6-13/h2-4,9,13-14H,5-7,12H2,1H3. The number of aliphatic hydroxyl groups is 2. The van der Waals surface area contributed by atoms with E-state index in [4.69, 9.17) is 25.4 Å². The van der Waals surface area contributed by atoms with E-state index in [9.17, 15) is 0 Å². The van der Waals surface area contributed by atoms with Crippen molar-refractivity contribution in [3.63, 3.8) is 0 Å². The summed E-state index contributed by atoms with van der Waals surface area (Å²) in [5, 5.41) is 17.8. The zero-order valence-electron chi connectivity index (χ0n) is 9.22. The molecule has 16 heavy (non-hydrogen) atoms. The first-order valence-electron chi connectivity index (χ1n) is 5.00. The fourth-order valence-corrected chi connectivity index (χ4v) is 1.20. The maximum atomic E-state index is 9.17. The monoisotopic (exact) mass is 227 g/mol. The molecule has 0 radical (unpaired) electrons. The number of rotatable bonds is 6. The largest absolute Gasteiger partial charge is 0.493 e. The van der Waals surface area contributed by atoms with Crippen LogP contribution in [0.5, 0.6) is 11.5 Å². The van der Waals surface area contributed by atoms with Crippen LogP contribution in [0.15, 0.2) is 18.2 Å². The van der Waals surface area contributed by atoms with Gasteiger partial charge in [-0.3, -0.25) is 0 Å². The van der Waals surface area contributed by atoms with E-state index in [-0.39, 0.29) is 13.2 Å². The van der Waals surface area contributed by atoms with Crippen LogP contribution in [-0.4, -0.2) is 36.6 Å². The number of benzene rings is 1. The second-order valence-corrected chi connectivity index (χ2v) is 3.34. The van der Waals surface area contributed by atoms with Gasteiger partial charge < -0.3 is 25.4 Å². The Morgan fingerprint density at radius 1 is 1.38 bits per heavy atom. The third-order valence-electron chi connectivity index (χ3n) is 2.11. The predicted octanol–water partition coefficient (Wildman–Crippen LogP) is -0.114. The second-order valence-electron chi connectivity index (χ2n) is 3.34. The van der Waals surface area contributed by atoms with Gasteiger partial charge in [0.25, 0.3) is 0 Å². The summed E-state index contributed by atoms with van der Waals surface area (Å²) in [6.07, 6.45) is -0.897. The minimum absolute atomic E-state index is 0.0148. The normalized spacial score (nSPS) is 12.2. The van der Waals surface area contributed by atoms with Crippen LogP contribution in [0, 0.1) is 0 Å². The number of aliphatic hydroxyl groups excluding tert-OH is 2. The molecular formula is C11H17NO4. The average Bonchev–Trinajstić information content (AvgIpc) is 2.35. The van der Waals surface area contributed by atoms with E-state index < -0.39 is 6.10 Å². The van der Waals surface area contributed by atoms with Crippen LogP contribution in [0.25, 0.3) is 0 Å². The fraction of sp³-hybridized carbons (Fsp3) is 0.455. The molecule has 0 aliphatic rings. The Morgan fingerprint density at radius 3 is 2.69 bits per heavy atom. The molecule has 90 valence electrons. The minimum Gasteiger partial charge on any atom is -0.493 e. The van der Waals surface area contributed by atoms with Crippen molar-refractivity contribution >= 4 is 0 Å². The first-order valence-corrected chi connectivity index (χ1v) is 5.00. The van der Waals surface area contributed by atoms with Crippen LogP contribution in [-0.2, 0) is 6.54 Å². The van der Waals surface area contributed by atoms with E-state index in [0.29, 0.717) is 18.0 Å². The van der Waals surface area contributed by atoms with Crippen LogP contribution in [0.2, 0.25) is 0 Å². The van der Waals surface area contributed by atoms with E-state index in [1.54, 1.807) is 12.1 Å². The van der Waals surface area contributed by atoms with E-state index in [0.717, 1.165) is 5.56 Å². The van der Waals surface area contributed by atoms with Gasteiger partial charge in [0, 0.05) is 6.54 Å². The Hall–Kier alpha value is -1.30. The Labute approximate surface area is 94.4 Å². The van der Waals surface area contributed by atoms with Gasteiger partial charge in [0.05, 0.1) is 13.7 Å². The molecule has 0 spiro atoms. The van der Waals surface area contributed by atoms with Crippen LogP contribution >= 0.6 is 0 Å². The molecule has 0 aliphatic heterocycles. The van der Waals surface area contributed by atoms with Crippen molar-refractivity contribution in [3.8, 4) is 11.5 Å². The van der Waals surface area contributed by atoms with Crippen LogP contribution < -0.4 is 15.2 Å². The lowest BCUT2D eigenvalue weighted by molar-refractivity contribution is 0.0527. The molecule has 0 fully saturated rings. The second kappa shape index (κ2) is 6.32. The lowest BCUT2D eigenvalue weighted by atomic mass is 10.2. The van der Waals surface area contributed by atoms with E-state index in [1.807, 2.05) is 6.07 Å². The molecule has 0 amide bonds. The van der Waals surface area contributed by atoms with Gasteiger partial charge >= 0.3 is 0 Å². The molecule has 0 bridgehead atoms. The van der Waals surface area contributed by atoms with E-state index >= 15 is 0 Å². The summed E-state index contributed by atoms with van der Waals surface area (Å²) in [7, 11) is 1.53. The first-order chi connectivity index (χ1) is 7.71. The van der Waals surface area contributed by atoms with E-state index in [1.165, 1.54) is 7.11 Å². The molecule has 0 aromatic heterocycles. The molecule has 1 rings (SSSR count). The number of hydrogen-bond donors (Lipinski definition) is 3. The van der Waals surface area contributed by atoms with E-state index in [2.05, 4.69) is 0 Å². The number of hydrogen-bond acceptors (Lipinski definition) is 5. The van der Waals surface area contributed by atoms with Gasteiger partial charge in [0.2, 0.25) is 0 Å². The molecule has 1 aromatic rings. The molecule has 0 saturated heterocycles. The van der Waals surface area contributed by atoms with Crippen LogP contribution in [0.3, 0.4) is 0 Å². The molecule has 1 aromatic carbocycles. The maximum absolute atomic E-state index is 9.17. The average molecular weight is 227 g/mol. The molecule has 5 nitrogen and oxygen atoms in total. The molecule has 1 unspecified atom stereocenters. The summed E-state index contributed by atoms with van der Waals surface area (Å²) in [6.45, 7) is 0.0860. The van der Waals surface area contributed by atoms with Crippen LogP contribution in [0.4, 0.5) is 0 Å². The minimum atomic E-state index is -0.897. The van der Waals surface area contributed by atoms with Gasteiger partial charge in [0.1, 0.15) is 12.7 Å². The zero-order chi connectivity index (χ0) is 12.0. The van der Waals surface area contributed by atoms with Crippen molar-refractivity contribution < 1.29 is 19.7 Å². The van der Waals surface area contributed by atoms with Crippen molar-refractivity contribution in [2.45, 2.75) is 12.6 Å². The Kier molecular flexibility index (Phi) is 5.04. The first kappa shape index (κ1) is 12.8. The molecule has 0 aliphatic carbocycles. The highest BCUT2D eigenvalue weighted by Crippen LogP contribution is 2.27. The summed E-state index contributed by atoms with van der Waals surface area (Å²) in [4.78, 5) is 0. The molecule has 5 heteroatoms. The lowest BCUT2D eigenvalue weighted by Crippen LogP contribution is -2.21. The maximum Gasteiger partial charge on any atom is 0.161 e. The summed E-state index contributed by atoms with van der Waals surface area (Å²) >= 11 is 0. The Bertz CT molecular complexity index is 330. The number of nitrogens with two attached hydrogens (primary N) is 1. The SMILES string of the molecule is COc1ccc(CN)cc1OCC(O)CO. The van der Waals surface area contributed by atoms with Crippen molar-refractivity contribution in [2.24, 2.45) is 5.73 Å². The summed E-state index contributed by atoms with van der Waals surface area (Å²) in [5.41, 5.74) is 6.42. The highest BCUT2D eigenvalue weighted by Gasteiger charge is 2.08. The third kappa shape index (κ3) is 3.37. The van der Waals surface area contributed by atoms with Gasteiger partial charge in [-0.05, 0) is 17.7 Å². The Balaban J connectivity index is 2.75. The fourth-order valence-electron chi connectivity index (χ4n) is 1.20. The summed E-state index contributed by atoms with van der Waals surface area (Å²) < 4.78 is 10.4. The van der Waals surface area contributed by atoms with Crippen molar-refractivity contribution in [1.29, 1.82) is 0 Å². The van der Waals surface area contributed by atoms with Gasteiger partial charge in [-0.1, -0.05) is 6.07 Å². The Morgan fingerprint density at radius 2 is 2.12 bits per heavy atom. The number of ether oxygens (including phenoxy) is 2. The molecule has 0 saturated carbocycles. The quantitative estimate of drug-likeness (QED) is 0.631. The van der Waals surface area contributed by atoms with Crippen molar-refractivity contribution in [3.05, 3.63) is 23.8 Å². The number of methoxy groups -OCH3 is 1. The molecule has 1 atom stereocenters.